The van der Waals surface area contributed by atoms with Crippen molar-refractivity contribution < 1.29 is 19.4 Å². The van der Waals surface area contributed by atoms with Crippen LogP contribution in [0.2, 0.25) is 0 Å². The zero-order valence-electron chi connectivity index (χ0n) is 26.7. The summed E-state index contributed by atoms with van der Waals surface area (Å²) in [5, 5.41) is 24.1. The predicted octanol–water partition coefficient (Wildman–Crippen LogP) is 4.03. The first-order valence-corrected chi connectivity index (χ1v) is 14.8. The van der Waals surface area contributed by atoms with Crippen LogP contribution < -0.4 is 16.2 Å². The number of methoxy groups -OCH3 is 1. The second-order valence-electron chi connectivity index (χ2n) is 10.1. The molecule has 6 rings (SSSR count). The number of nitrogens with two attached hydrogens (primary N) is 1. The number of nitrogens with one attached hydrogen (secondary N) is 1. The standard InChI is InChI=1S/C27H27N7O3.C2H6O.C2H6.CH3NO/c1-32-15-19(20(13-28)31-32)24-22(16-7-9-18(10-8-16)37-12-11-35)23-25-21(14-29-26(23)30-24)33(2)27(36)34(25)17-5-3-4-6-17;1-3-2;1-2;2-1-3/h7-10,14-15,17,35H,3-6,11-12H2,1-2H3,(H,29,30);1-2H3;1-2H3;1H,(H2,2,3). The number of carbonyl (C=O) groups is 1. The van der Waals surface area contributed by atoms with Crippen LogP contribution in [0.4, 0.5) is 0 Å². The van der Waals surface area contributed by atoms with Crippen LogP contribution in [0, 0.1) is 11.3 Å². The van der Waals surface area contributed by atoms with Crippen LogP contribution in [-0.2, 0) is 23.6 Å². The third kappa shape index (κ3) is 7.08. The SMILES string of the molecule is CC.COC.Cn1cc(-c2[nH]c3ncc4c(c3c2-c2ccc(OCCO)cc2)n(C2CCCC2)c(=O)n4C)c(C#N)n1.NC=O. The number of H-pyrrole nitrogens is 1. The first kappa shape index (κ1) is 34.6. The summed E-state index contributed by atoms with van der Waals surface area (Å²) < 4.78 is 15.1. The maximum absolute atomic E-state index is 13.5. The Morgan fingerprint density at radius 1 is 1.18 bits per heavy atom. The number of nitrogens with zero attached hydrogens (tertiary/aromatic N) is 6. The number of benzene rings is 1. The zero-order valence-corrected chi connectivity index (χ0v) is 26.7. The topological polar surface area (TPSA) is 179 Å². The van der Waals surface area contributed by atoms with E-state index in [1.54, 1.807) is 43.8 Å². The Kier molecular flexibility index (Phi) is 12.5. The van der Waals surface area contributed by atoms with Gasteiger partial charge in [-0.15, -0.1) is 0 Å². The van der Waals surface area contributed by atoms with Crippen molar-refractivity contribution in [1.29, 1.82) is 5.26 Å². The molecular formula is C32H42N8O5. The summed E-state index contributed by atoms with van der Waals surface area (Å²) in [6.45, 7) is 4.14. The van der Waals surface area contributed by atoms with Gasteiger partial charge in [0.2, 0.25) is 6.41 Å². The molecule has 0 atom stereocenters. The summed E-state index contributed by atoms with van der Waals surface area (Å²) in [4.78, 5) is 30.2. The summed E-state index contributed by atoms with van der Waals surface area (Å²) in [6.07, 6.45) is 7.95. The number of nitriles is 1. The minimum Gasteiger partial charge on any atom is -0.491 e. The Bertz CT molecular complexity index is 1800. The molecule has 4 N–H and O–H groups in total. The lowest BCUT2D eigenvalue weighted by atomic mass is 9.98. The lowest BCUT2D eigenvalue weighted by Gasteiger charge is -2.13. The van der Waals surface area contributed by atoms with Crippen LogP contribution in [0.1, 0.15) is 51.3 Å². The quantitative estimate of drug-likeness (QED) is 0.239. The summed E-state index contributed by atoms with van der Waals surface area (Å²) in [5.41, 5.74) is 9.80. The molecule has 0 saturated heterocycles. The van der Waals surface area contributed by atoms with Gasteiger partial charge in [-0.05, 0) is 30.5 Å². The van der Waals surface area contributed by atoms with Gasteiger partial charge in [0.05, 0.1) is 40.5 Å². The molecule has 0 spiro atoms. The Morgan fingerprint density at radius 2 is 1.80 bits per heavy atom. The fraction of sp³-hybridized carbons (Fsp3) is 0.406. The summed E-state index contributed by atoms with van der Waals surface area (Å²) in [7, 11) is 6.82. The van der Waals surface area contributed by atoms with Gasteiger partial charge in [0.1, 0.15) is 24.1 Å². The number of fused-ring (bicyclic) bond motifs is 3. The molecule has 1 fully saturated rings. The number of aryl methyl sites for hydroxylation is 2. The molecular weight excluding hydrogens is 576 g/mol. The van der Waals surface area contributed by atoms with Gasteiger partial charge in [-0.25, -0.2) is 9.78 Å². The van der Waals surface area contributed by atoms with E-state index in [9.17, 15) is 10.1 Å². The molecule has 0 unspecified atom stereocenters. The summed E-state index contributed by atoms with van der Waals surface area (Å²) in [6, 6.07) is 9.93. The van der Waals surface area contributed by atoms with Crippen LogP contribution in [-0.4, -0.2) is 67.8 Å². The van der Waals surface area contributed by atoms with E-state index in [-0.39, 0.29) is 31.4 Å². The van der Waals surface area contributed by atoms with E-state index in [1.807, 2.05) is 48.9 Å². The number of aromatic nitrogens is 6. The number of aliphatic hydroxyl groups is 1. The molecule has 13 heteroatoms. The Morgan fingerprint density at radius 3 is 2.38 bits per heavy atom. The molecule has 1 aromatic carbocycles. The van der Waals surface area contributed by atoms with Gasteiger partial charge >= 0.3 is 5.69 Å². The number of primary amides is 1. The average Bonchev–Trinajstić information content (AvgIpc) is 3.84. The minimum absolute atomic E-state index is 0.0447. The second-order valence-corrected chi connectivity index (χ2v) is 10.1. The van der Waals surface area contributed by atoms with Gasteiger partial charge in [-0.2, -0.15) is 10.4 Å². The first-order chi connectivity index (χ1) is 21.8. The molecule has 0 aliphatic heterocycles. The third-order valence-electron chi connectivity index (χ3n) is 7.27. The van der Waals surface area contributed by atoms with Crippen LogP contribution in [0.15, 0.2) is 41.5 Å². The van der Waals surface area contributed by atoms with Crippen molar-refractivity contribution in [1.82, 2.24) is 28.9 Å². The number of carbonyl (C=O) groups excluding carboxylic acids is 1. The van der Waals surface area contributed by atoms with Crippen molar-refractivity contribution in [2.45, 2.75) is 45.6 Å². The van der Waals surface area contributed by atoms with E-state index in [4.69, 9.17) is 19.6 Å². The fourth-order valence-corrected chi connectivity index (χ4v) is 5.61. The molecule has 1 aliphatic carbocycles. The maximum Gasteiger partial charge on any atom is 0.329 e. The van der Waals surface area contributed by atoms with Gasteiger partial charge < -0.3 is 25.3 Å². The van der Waals surface area contributed by atoms with E-state index in [2.05, 4.69) is 26.6 Å². The van der Waals surface area contributed by atoms with Gasteiger partial charge in [-0.3, -0.25) is 18.6 Å². The molecule has 0 bridgehead atoms. The van der Waals surface area contributed by atoms with Gasteiger partial charge in [0, 0.05) is 46.1 Å². The van der Waals surface area contributed by atoms with Crippen molar-refractivity contribution in [3.05, 3.63) is 52.8 Å². The van der Waals surface area contributed by atoms with Crippen LogP contribution in [0.5, 0.6) is 5.75 Å². The van der Waals surface area contributed by atoms with Crippen molar-refractivity contribution in [3.8, 4) is 34.2 Å². The van der Waals surface area contributed by atoms with Crippen LogP contribution >= 0.6 is 0 Å². The monoisotopic (exact) mass is 618 g/mol. The normalized spacial score (nSPS) is 12.4. The molecule has 4 heterocycles. The number of aromatic amines is 1. The lowest BCUT2D eigenvalue weighted by molar-refractivity contribution is -0.106. The Hall–Kier alpha value is -4.93. The first-order valence-electron chi connectivity index (χ1n) is 14.8. The van der Waals surface area contributed by atoms with Crippen LogP contribution in [0.25, 0.3) is 44.5 Å². The fourth-order valence-electron chi connectivity index (χ4n) is 5.61. The number of hydrogen-bond acceptors (Lipinski definition) is 8. The number of ether oxygens (including phenoxy) is 2. The molecule has 5 aromatic rings. The summed E-state index contributed by atoms with van der Waals surface area (Å²) >= 11 is 0. The molecule has 1 amide bonds. The number of amides is 1. The largest absolute Gasteiger partial charge is 0.491 e. The molecule has 0 radical (unpaired) electrons. The van der Waals surface area contributed by atoms with E-state index < -0.39 is 0 Å². The number of hydrogen-bond donors (Lipinski definition) is 3. The molecule has 45 heavy (non-hydrogen) atoms. The Balaban J connectivity index is 0.000000631. The van der Waals surface area contributed by atoms with Gasteiger partial charge in [0.25, 0.3) is 0 Å². The van der Waals surface area contributed by atoms with E-state index >= 15 is 0 Å². The third-order valence-corrected chi connectivity index (χ3v) is 7.27. The van der Waals surface area contributed by atoms with Crippen molar-refractivity contribution in [3.63, 3.8) is 0 Å². The molecule has 1 aliphatic rings. The van der Waals surface area contributed by atoms with Crippen molar-refractivity contribution in [2.75, 3.05) is 27.4 Å². The number of rotatable bonds is 6. The van der Waals surface area contributed by atoms with Crippen molar-refractivity contribution >= 4 is 28.5 Å². The smallest absolute Gasteiger partial charge is 0.329 e. The van der Waals surface area contributed by atoms with E-state index in [0.717, 1.165) is 58.9 Å². The highest BCUT2D eigenvalue weighted by Crippen LogP contribution is 2.43. The molecule has 13 nitrogen and oxygen atoms in total. The lowest BCUT2D eigenvalue weighted by Crippen LogP contribution is -2.24. The highest BCUT2D eigenvalue weighted by atomic mass is 16.5. The number of pyridine rings is 1. The molecule has 4 aromatic heterocycles. The van der Waals surface area contributed by atoms with Gasteiger partial charge in [0.15, 0.2) is 5.69 Å². The number of aliphatic hydroxyl groups excluding tert-OH is 1. The van der Waals surface area contributed by atoms with Gasteiger partial charge in [-0.1, -0.05) is 38.8 Å². The number of imidazole rings is 1. The second kappa shape index (κ2) is 16.2. The highest BCUT2D eigenvalue weighted by molar-refractivity contribution is 6.14. The minimum atomic E-state index is -0.0668. The molecule has 240 valence electrons. The summed E-state index contributed by atoms with van der Waals surface area (Å²) in [5.74, 6) is 0.643. The van der Waals surface area contributed by atoms with E-state index in [0.29, 0.717) is 22.7 Å². The average molecular weight is 619 g/mol. The molecule has 1 saturated carbocycles. The maximum atomic E-state index is 13.5. The Labute approximate surface area is 261 Å². The highest BCUT2D eigenvalue weighted by Gasteiger charge is 2.28. The zero-order chi connectivity index (χ0) is 33.1. The van der Waals surface area contributed by atoms with E-state index in [1.165, 1.54) is 0 Å². The predicted molar refractivity (Wildman–Crippen MR) is 174 cm³/mol. The van der Waals surface area contributed by atoms with Crippen molar-refractivity contribution in [2.24, 2.45) is 19.8 Å². The van der Waals surface area contributed by atoms with Crippen LogP contribution in [0.3, 0.4) is 0 Å².